The largest absolute Gasteiger partial charge is 0.481 e. The lowest BCUT2D eigenvalue weighted by molar-refractivity contribution is -0.137. The smallest absolute Gasteiger partial charge is 0.304 e. The summed E-state index contributed by atoms with van der Waals surface area (Å²) in [5.41, 5.74) is -2.67. The van der Waals surface area contributed by atoms with Gasteiger partial charge in [-0.25, -0.2) is 13.2 Å². The van der Waals surface area contributed by atoms with Gasteiger partial charge in [-0.15, -0.1) is 0 Å². The van der Waals surface area contributed by atoms with Crippen molar-refractivity contribution in [2.24, 2.45) is 0 Å². The van der Waals surface area contributed by atoms with E-state index in [1.807, 2.05) is 0 Å². The van der Waals surface area contributed by atoms with E-state index in [9.17, 15) is 18.0 Å². The number of alkyl halides is 1. The van der Waals surface area contributed by atoms with Gasteiger partial charge in [0.15, 0.2) is 11.6 Å². The van der Waals surface area contributed by atoms with Gasteiger partial charge in [-0.2, -0.15) is 0 Å². The van der Waals surface area contributed by atoms with Crippen molar-refractivity contribution in [3.63, 3.8) is 0 Å². The third-order valence-corrected chi connectivity index (χ3v) is 3.63. The Bertz CT molecular complexity index is 528. The molecule has 1 aliphatic carbocycles. The number of rotatable bonds is 4. The Morgan fingerprint density at radius 1 is 1.37 bits per heavy atom. The molecule has 1 aromatic rings. The van der Waals surface area contributed by atoms with Crippen molar-refractivity contribution in [1.29, 1.82) is 0 Å². The minimum Gasteiger partial charge on any atom is -0.481 e. The van der Waals surface area contributed by atoms with E-state index >= 15 is 0 Å². The molecule has 0 bridgehead atoms. The molecule has 0 atom stereocenters. The topological polar surface area (TPSA) is 37.3 Å². The molecule has 0 aromatic heterocycles. The third kappa shape index (κ3) is 2.60. The first-order valence-corrected chi connectivity index (χ1v) is 6.06. The van der Waals surface area contributed by atoms with Gasteiger partial charge in [-0.1, -0.05) is 0 Å². The number of halogens is 3. The molecule has 0 amide bonds. The Labute approximate surface area is 109 Å². The van der Waals surface area contributed by atoms with E-state index in [1.165, 1.54) is 19.9 Å². The van der Waals surface area contributed by atoms with E-state index in [0.29, 0.717) is 12.8 Å². The van der Waals surface area contributed by atoms with Crippen molar-refractivity contribution in [3.8, 4) is 0 Å². The van der Waals surface area contributed by atoms with Crippen molar-refractivity contribution in [1.82, 2.24) is 0 Å². The molecule has 0 unspecified atom stereocenters. The lowest BCUT2D eigenvalue weighted by atomic mass is 9.87. The predicted octanol–water partition coefficient (Wildman–Crippen LogP) is 3.68. The van der Waals surface area contributed by atoms with Crippen LogP contribution in [0.3, 0.4) is 0 Å². The molecule has 0 aliphatic heterocycles. The average molecular weight is 272 g/mol. The van der Waals surface area contributed by atoms with Crippen molar-refractivity contribution in [3.05, 3.63) is 34.9 Å². The number of carbonyl (C=O) groups is 1. The molecule has 0 heterocycles. The highest BCUT2D eigenvalue weighted by molar-refractivity contribution is 5.70. The standard InChI is InChI=1S/C14H15F3O2/c1-13(2,17)8-5-9(12(16)10(15)6-8)14(3-4-14)7-11(18)19/h5-6H,3-4,7H2,1-2H3,(H,18,19). The Balaban J connectivity index is 2.51. The van der Waals surface area contributed by atoms with Gasteiger partial charge in [0.25, 0.3) is 0 Å². The van der Waals surface area contributed by atoms with Crippen LogP contribution in [0.25, 0.3) is 0 Å². The first-order chi connectivity index (χ1) is 8.66. The quantitative estimate of drug-likeness (QED) is 0.907. The van der Waals surface area contributed by atoms with E-state index in [4.69, 9.17) is 5.11 Å². The number of benzene rings is 1. The first kappa shape index (κ1) is 13.9. The molecule has 1 fully saturated rings. The highest BCUT2D eigenvalue weighted by atomic mass is 19.2. The van der Waals surface area contributed by atoms with Crippen LogP contribution in [0, 0.1) is 11.6 Å². The molecule has 1 saturated carbocycles. The maximum absolute atomic E-state index is 13.9. The van der Waals surface area contributed by atoms with Crippen LogP contribution in [0.15, 0.2) is 12.1 Å². The number of aliphatic carboxylic acids is 1. The fourth-order valence-corrected chi connectivity index (χ4v) is 2.30. The average Bonchev–Trinajstić information content (AvgIpc) is 3.00. The van der Waals surface area contributed by atoms with Crippen LogP contribution in [0.2, 0.25) is 0 Å². The monoisotopic (exact) mass is 272 g/mol. The summed E-state index contributed by atoms with van der Waals surface area (Å²) in [5.74, 6) is -3.26. The Hall–Kier alpha value is -1.52. The van der Waals surface area contributed by atoms with Gasteiger partial charge in [0, 0.05) is 5.41 Å². The van der Waals surface area contributed by atoms with Gasteiger partial charge in [-0.3, -0.25) is 4.79 Å². The van der Waals surface area contributed by atoms with Crippen molar-refractivity contribution in [2.45, 2.75) is 44.2 Å². The Morgan fingerprint density at radius 2 is 1.95 bits per heavy atom. The van der Waals surface area contributed by atoms with Crippen molar-refractivity contribution in [2.75, 3.05) is 0 Å². The molecule has 1 N–H and O–H groups in total. The van der Waals surface area contributed by atoms with E-state index in [1.54, 1.807) is 0 Å². The van der Waals surface area contributed by atoms with Crippen molar-refractivity contribution < 1.29 is 23.1 Å². The second-order valence-corrected chi connectivity index (χ2v) is 5.64. The lowest BCUT2D eigenvalue weighted by Gasteiger charge is -2.20. The SMILES string of the molecule is CC(C)(F)c1cc(F)c(F)c(C2(CC(=O)O)CC2)c1. The normalized spacial score (nSPS) is 17.3. The molecule has 0 saturated heterocycles. The molecule has 1 aromatic carbocycles. The molecule has 19 heavy (non-hydrogen) atoms. The molecule has 104 valence electrons. The molecule has 0 radical (unpaired) electrons. The minimum absolute atomic E-state index is 0.0179. The Morgan fingerprint density at radius 3 is 2.37 bits per heavy atom. The second-order valence-electron chi connectivity index (χ2n) is 5.64. The number of carboxylic acid groups (broad SMARTS) is 1. The fraction of sp³-hybridized carbons (Fsp3) is 0.500. The first-order valence-electron chi connectivity index (χ1n) is 6.06. The van der Waals surface area contributed by atoms with Crippen LogP contribution in [0.5, 0.6) is 0 Å². The van der Waals surface area contributed by atoms with E-state index < -0.39 is 28.7 Å². The van der Waals surface area contributed by atoms with Crippen LogP contribution in [0.1, 0.15) is 44.2 Å². The molecule has 2 nitrogen and oxygen atoms in total. The summed E-state index contributed by atoms with van der Waals surface area (Å²) in [6.07, 6.45) is 0.692. The van der Waals surface area contributed by atoms with Crippen LogP contribution < -0.4 is 0 Å². The molecule has 5 heteroatoms. The molecule has 0 spiro atoms. The summed E-state index contributed by atoms with van der Waals surface area (Å²) >= 11 is 0. The highest BCUT2D eigenvalue weighted by Crippen LogP contribution is 2.52. The molecular formula is C14H15F3O2. The summed E-state index contributed by atoms with van der Waals surface area (Å²) in [7, 11) is 0. The molecule has 1 aliphatic rings. The number of hydrogen-bond acceptors (Lipinski definition) is 1. The van der Waals surface area contributed by atoms with Gasteiger partial charge in [0.05, 0.1) is 6.42 Å². The van der Waals surface area contributed by atoms with Crippen LogP contribution in [0.4, 0.5) is 13.2 Å². The van der Waals surface area contributed by atoms with E-state index in [2.05, 4.69) is 0 Å². The lowest BCUT2D eigenvalue weighted by Crippen LogP contribution is -2.18. The fourth-order valence-electron chi connectivity index (χ4n) is 2.30. The van der Waals surface area contributed by atoms with Gasteiger partial charge in [-0.05, 0) is 49.9 Å². The zero-order chi connectivity index (χ0) is 14.4. The van der Waals surface area contributed by atoms with E-state index in [-0.39, 0.29) is 17.5 Å². The summed E-state index contributed by atoms with van der Waals surface area (Å²) in [6, 6.07) is 2.09. The van der Waals surface area contributed by atoms with Gasteiger partial charge < -0.3 is 5.11 Å². The highest BCUT2D eigenvalue weighted by Gasteiger charge is 2.48. The maximum atomic E-state index is 13.9. The zero-order valence-electron chi connectivity index (χ0n) is 10.8. The summed E-state index contributed by atoms with van der Waals surface area (Å²) in [6.45, 7) is 2.50. The van der Waals surface area contributed by atoms with Gasteiger partial charge >= 0.3 is 5.97 Å². The zero-order valence-corrected chi connectivity index (χ0v) is 10.8. The molecule has 2 rings (SSSR count). The van der Waals surface area contributed by atoms with E-state index in [0.717, 1.165) is 6.07 Å². The predicted molar refractivity (Wildman–Crippen MR) is 63.7 cm³/mol. The summed E-state index contributed by atoms with van der Waals surface area (Å²) in [5, 5.41) is 8.85. The summed E-state index contributed by atoms with van der Waals surface area (Å²) < 4.78 is 41.3. The van der Waals surface area contributed by atoms with Crippen LogP contribution in [-0.4, -0.2) is 11.1 Å². The molecular weight excluding hydrogens is 257 g/mol. The second kappa shape index (κ2) is 4.25. The number of carboxylic acids is 1. The minimum atomic E-state index is -1.80. The summed E-state index contributed by atoms with van der Waals surface area (Å²) in [4.78, 5) is 10.8. The van der Waals surface area contributed by atoms with Crippen LogP contribution in [-0.2, 0) is 15.9 Å². The maximum Gasteiger partial charge on any atom is 0.304 e. The van der Waals surface area contributed by atoms with Gasteiger partial charge in [0.1, 0.15) is 5.67 Å². The van der Waals surface area contributed by atoms with Gasteiger partial charge in [0.2, 0.25) is 0 Å². The van der Waals surface area contributed by atoms with Crippen molar-refractivity contribution >= 4 is 5.97 Å². The Kier molecular flexibility index (Phi) is 3.11. The third-order valence-electron chi connectivity index (χ3n) is 3.63. The van der Waals surface area contributed by atoms with Crippen LogP contribution >= 0.6 is 0 Å². The number of hydrogen-bond donors (Lipinski definition) is 1.